The summed E-state index contributed by atoms with van der Waals surface area (Å²) in [6.07, 6.45) is 4.84. The quantitative estimate of drug-likeness (QED) is 0.156. The number of hydrogen-bond acceptors (Lipinski definition) is 3. The number of ether oxygens (including phenoxy) is 1. The number of aromatic nitrogens is 1. The van der Waals surface area contributed by atoms with Crippen LogP contribution in [0.2, 0.25) is 0 Å². The zero-order chi connectivity index (χ0) is 23.7. The maximum absolute atomic E-state index is 6.35. The topological polar surface area (TPSA) is 35.3 Å². The molecule has 5 heteroatoms. The molecule has 0 aliphatic carbocycles. The molecule has 4 aromatic carbocycles. The molecule has 1 heterocycles. The Morgan fingerprint density at radius 3 is 2.47 bits per heavy atom. The average molecular weight is 512 g/mol. The summed E-state index contributed by atoms with van der Waals surface area (Å²) in [6, 6.07) is 20.2. The first-order valence-electron chi connectivity index (χ1n) is 12.0. The molecule has 3 nitrogen and oxygen atoms in total. The number of nitrogens with zero attached hydrogens (tertiary/aromatic N) is 1. The minimum absolute atomic E-state index is 0.590. The number of unbranched alkanes of at least 4 members (excludes halogenated alkanes) is 1. The lowest BCUT2D eigenvalue weighted by Gasteiger charge is -2.15. The Hall–Kier alpha value is -2.79. The predicted molar refractivity (Wildman–Crippen MR) is 146 cm³/mol. The van der Waals surface area contributed by atoms with Crippen molar-refractivity contribution in [3.8, 4) is 17.2 Å². The highest BCUT2D eigenvalue weighted by atomic mass is 79.9. The summed E-state index contributed by atoms with van der Waals surface area (Å²) < 4.78 is 13.4. The summed E-state index contributed by atoms with van der Waals surface area (Å²) >= 11 is 3.60. The molecule has 0 fully saturated rings. The second-order valence-electron chi connectivity index (χ2n) is 8.94. The summed E-state index contributed by atoms with van der Waals surface area (Å²) in [5.41, 5.74) is 3.21. The third-order valence-electron chi connectivity index (χ3n) is 6.57. The Labute approximate surface area is 210 Å². The first-order valence-corrected chi connectivity index (χ1v) is 12.8. The first kappa shape index (κ1) is 23.0. The van der Waals surface area contributed by atoms with Crippen molar-refractivity contribution in [3.63, 3.8) is 0 Å². The van der Waals surface area contributed by atoms with Gasteiger partial charge in [0.25, 0.3) is 0 Å². The van der Waals surface area contributed by atoms with Crippen LogP contribution in [0.25, 0.3) is 44.1 Å². The minimum Gasteiger partial charge on any atom is -0.493 e. The number of hydrogen-bond donors (Lipinski definition) is 0. The maximum Gasteiger partial charge on any atom is 0.227 e. The van der Waals surface area contributed by atoms with Gasteiger partial charge in [0.15, 0.2) is 5.58 Å². The molecule has 0 spiro atoms. The lowest BCUT2D eigenvalue weighted by molar-refractivity contribution is 0.233. The number of fused-ring (bicyclic) bond motifs is 6. The van der Waals surface area contributed by atoms with E-state index in [0.717, 1.165) is 61.5 Å². The molecule has 0 bridgehead atoms. The third-order valence-corrected chi connectivity index (χ3v) is 7.07. The molecule has 2 radical (unpaired) electrons. The molecular weight excluding hydrogens is 485 g/mol. The van der Waals surface area contributed by atoms with Crippen LogP contribution in [0.3, 0.4) is 0 Å². The highest BCUT2D eigenvalue weighted by Crippen LogP contribution is 2.38. The molecule has 34 heavy (non-hydrogen) atoms. The van der Waals surface area contributed by atoms with Crippen molar-refractivity contribution in [3.05, 3.63) is 65.1 Å². The number of oxazole rings is 1. The van der Waals surface area contributed by atoms with E-state index < -0.39 is 0 Å². The largest absolute Gasteiger partial charge is 0.493 e. The summed E-state index contributed by atoms with van der Waals surface area (Å²) in [4.78, 5) is 4.91. The molecule has 0 saturated carbocycles. The van der Waals surface area contributed by atoms with E-state index in [1.54, 1.807) is 0 Å². The van der Waals surface area contributed by atoms with Crippen molar-refractivity contribution in [1.29, 1.82) is 0 Å². The van der Waals surface area contributed by atoms with Gasteiger partial charge < -0.3 is 9.15 Å². The van der Waals surface area contributed by atoms with E-state index in [1.807, 2.05) is 36.4 Å². The number of benzene rings is 4. The van der Waals surface area contributed by atoms with Crippen LogP contribution >= 0.6 is 15.9 Å². The van der Waals surface area contributed by atoms with E-state index in [4.69, 9.17) is 22.0 Å². The Bertz CT molecular complexity index is 1380. The van der Waals surface area contributed by atoms with Gasteiger partial charge in [0.2, 0.25) is 5.89 Å². The van der Waals surface area contributed by atoms with Crippen LogP contribution in [0.15, 0.2) is 69.6 Å². The third kappa shape index (κ3) is 4.46. The van der Waals surface area contributed by atoms with Crippen LogP contribution in [0, 0.1) is 5.92 Å². The van der Waals surface area contributed by atoms with Crippen molar-refractivity contribution in [1.82, 2.24) is 4.98 Å². The van der Waals surface area contributed by atoms with Gasteiger partial charge in [-0.15, -0.1) is 0 Å². The first-order chi connectivity index (χ1) is 16.6. The van der Waals surface area contributed by atoms with Crippen LogP contribution in [0.5, 0.6) is 5.75 Å². The molecule has 0 amide bonds. The number of rotatable bonds is 8. The van der Waals surface area contributed by atoms with E-state index in [9.17, 15) is 0 Å². The molecule has 0 aliphatic heterocycles. The molecule has 5 aromatic rings. The summed E-state index contributed by atoms with van der Waals surface area (Å²) in [6.45, 7) is 5.23. The van der Waals surface area contributed by atoms with Gasteiger partial charge in [-0.1, -0.05) is 78.8 Å². The molecule has 1 atom stereocenters. The van der Waals surface area contributed by atoms with Gasteiger partial charge in [0.1, 0.15) is 19.1 Å². The highest BCUT2D eigenvalue weighted by Gasteiger charge is 2.17. The monoisotopic (exact) mass is 511 g/mol. The predicted octanol–water partition coefficient (Wildman–Crippen LogP) is 7.95. The molecule has 5 rings (SSSR count). The molecule has 0 aliphatic rings. The normalized spacial score (nSPS) is 12.6. The molecule has 170 valence electrons. The van der Waals surface area contributed by atoms with E-state index >= 15 is 0 Å². The molecule has 0 N–H and O–H groups in total. The minimum atomic E-state index is 0.590. The molecule has 1 aromatic heterocycles. The van der Waals surface area contributed by atoms with Crippen molar-refractivity contribution < 1.29 is 9.15 Å². The van der Waals surface area contributed by atoms with Gasteiger partial charge >= 0.3 is 0 Å². The Kier molecular flexibility index (Phi) is 6.65. The van der Waals surface area contributed by atoms with Gasteiger partial charge in [-0.05, 0) is 59.5 Å². The van der Waals surface area contributed by atoms with Crippen LogP contribution in [-0.2, 0) is 0 Å². The molecule has 0 saturated heterocycles. The van der Waals surface area contributed by atoms with Gasteiger partial charge in [0.05, 0.1) is 6.61 Å². The van der Waals surface area contributed by atoms with Crippen molar-refractivity contribution >= 4 is 61.9 Å². The summed E-state index contributed by atoms with van der Waals surface area (Å²) in [5.74, 6) is 2.07. The lowest BCUT2D eigenvalue weighted by Crippen LogP contribution is -2.11. The van der Waals surface area contributed by atoms with E-state index in [2.05, 4.69) is 54.0 Å². The molecule has 1 unspecified atom stereocenters. The van der Waals surface area contributed by atoms with Gasteiger partial charge in [-0.3, -0.25) is 0 Å². The number of halogens is 1. The van der Waals surface area contributed by atoms with E-state index in [-0.39, 0.29) is 0 Å². The smallest absolute Gasteiger partial charge is 0.227 e. The highest BCUT2D eigenvalue weighted by molar-refractivity contribution is 9.10. The lowest BCUT2D eigenvalue weighted by atomic mass is 9.91. The van der Waals surface area contributed by atoms with Crippen LogP contribution in [0.1, 0.15) is 39.5 Å². The van der Waals surface area contributed by atoms with Crippen LogP contribution in [-0.4, -0.2) is 19.4 Å². The van der Waals surface area contributed by atoms with Crippen LogP contribution < -0.4 is 10.2 Å². The summed E-state index contributed by atoms with van der Waals surface area (Å²) in [7, 11) is 6.12. The fourth-order valence-corrected chi connectivity index (χ4v) is 4.91. The van der Waals surface area contributed by atoms with Gasteiger partial charge in [-0.2, -0.15) is 0 Å². The van der Waals surface area contributed by atoms with Gasteiger partial charge in [0, 0.05) is 20.8 Å². The maximum atomic E-state index is 6.35. The van der Waals surface area contributed by atoms with E-state index in [1.165, 1.54) is 19.3 Å². The Balaban J connectivity index is 1.51. The fraction of sp³-hybridized carbons (Fsp3) is 0.276. The van der Waals surface area contributed by atoms with Crippen molar-refractivity contribution in [2.24, 2.45) is 5.92 Å². The second-order valence-corrected chi connectivity index (χ2v) is 9.86. The summed E-state index contributed by atoms with van der Waals surface area (Å²) in [5, 5.41) is 4.25. The second kappa shape index (κ2) is 9.83. The van der Waals surface area contributed by atoms with Crippen molar-refractivity contribution in [2.45, 2.75) is 39.5 Å². The zero-order valence-corrected chi connectivity index (χ0v) is 21.2. The standard InChI is InChI=1S/C29H27BBrNO2/c1-3-5-6-18(4-2)17-33-22-11-7-19(8-12-22)29-32-27-25-16-21(31)10-14-23(25)24-13-9-20(30)15-26(24)28(27)34-29/h7-16,18H,3-6,17H2,1-2H3. The van der Waals surface area contributed by atoms with Crippen LogP contribution in [0.4, 0.5) is 0 Å². The SMILES string of the molecule is [B]c1ccc2c3ccc(Br)cc3c3nc(-c4ccc(OCC(CC)CCCC)cc4)oc3c2c1. The van der Waals surface area contributed by atoms with Crippen molar-refractivity contribution in [2.75, 3.05) is 6.61 Å². The Morgan fingerprint density at radius 1 is 0.941 bits per heavy atom. The Morgan fingerprint density at radius 2 is 1.71 bits per heavy atom. The average Bonchev–Trinajstić information content (AvgIpc) is 3.31. The zero-order valence-electron chi connectivity index (χ0n) is 19.6. The van der Waals surface area contributed by atoms with E-state index in [0.29, 0.717) is 17.3 Å². The van der Waals surface area contributed by atoms with Gasteiger partial charge in [-0.25, -0.2) is 4.98 Å². The molecular formula is C29H27BBrNO2. The fourth-order valence-electron chi connectivity index (χ4n) is 4.55.